The predicted molar refractivity (Wildman–Crippen MR) is 200 cm³/mol. The second-order valence-corrected chi connectivity index (χ2v) is 17.5. The highest BCUT2D eigenvalue weighted by molar-refractivity contribution is 6.66. The van der Waals surface area contributed by atoms with Gasteiger partial charge in [0, 0.05) is 27.1 Å². The first-order valence-corrected chi connectivity index (χ1v) is 18.7. The molecule has 4 unspecified atom stereocenters. The summed E-state index contributed by atoms with van der Waals surface area (Å²) < 4.78 is 6.95. The van der Waals surface area contributed by atoms with Crippen LogP contribution in [-0.2, 0) is 25.2 Å². The Kier molecular flexibility index (Phi) is 11.4. The molecule has 8 nitrogen and oxygen atoms in total. The van der Waals surface area contributed by atoms with Crippen LogP contribution in [0.15, 0.2) is 35.3 Å². The maximum absolute atomic E-state index is 13.9. The quantitative estimate of drug-likeness (QED) is 0.103. The van der Waals surface area contributed by atoms with E-state index in [9.17, 15) is 19.5 Å². The number of nitrogens with one attached hydrogen (secondary N) is 2. The molecule has 4 rings (SSSR count). The molecular formula is C39H51Cl3N3O5-. The monoisotopic (exact) mass is 746 g/mol. The molecular weight excluding hydrogens is 697 g/mol. The third-order valence-electron chi connectivity index (χ3n) is 11.0. The first-order chi connectivity index (χ1) is 23.1. The molecule has 1 spiro atoms. The van der Waals surface area contributed by atoms with Crippen LogP contribution in [0.25, 0.3) is 0 Å². The lowest BCUT2D eigenvalue weighted by Gasteiger charge is -2.60. The van der Waals surface area contributed by atoms with Crippen molar-refractivity contribution in [1.29, 1.82) is 0 Å². The van der Waals surface area contributed by atoms with Gasteiger partial charge in [-0.25, -0.2) is 4.99 Å². The summed E-state index contributed by atoms with van der Waals surface area (Å²) in [5.74, 6) is -1.37. The number of carbonyl (C=O) groups excluding carboxylic acids is 3. The molecule has 0 radical (unpaired) electrons. The van der Waals surface area contributed by atoms with E-state index in [0.717, 1.165) is 18.4 Å². The molecule has 2 aromatic carbocycles. The van der Waals surface area contributed by atoms with Crippen molar-refractivity contribution in [3.05, 3.63) is 51.5 Å². The van der Waals surface area contributed by atoms with Crippen molar-refractivity contribution < 1.29 is 24.2 Å². The lowest BCUT2D eigenvalue weighted by molar-refractivity contribution is -0.268. The summed E-state index contributed by atoms with van der Waals surface area (Å²) in [4.78, 5) is 45.6. The van der Waals surface area contributed by atoms with Crippen molar-refractivity contribution >= 4 is 63.8 Å². The molecule has 50 heavy (non-hydrogen) atoms. The Labute approximate surface area is 312 Å². The van der Waals surface area contributed by atoms with Gasteiger partial charge in [0.1, 0.15) is 5.75 Å². The van der Waals surface area contributed by atoms with Gasteiger partial charge in [0.25, 0.3) is 11.8 Å². The number of benzene rings is 2. The first-order valence-electron chi connectivity index (χ1n) is 17.5. The van der Waals surface area contributed by atoms with Gasteiger partial charge in [0.15, 0.2) is 11.5 Å². The van der Waals surface area contributed by atoms with E-state index in [1.54, 1.807) is 20.8 Å². The number of β-lactam (4-membered cyclic amide) rings is 1. The van der Waals surface area contributed by atoms with Gasteiger partial charge >= 0.3 is 0 Å². The maximum Gasteiger partial charge on any atom is 0.273 e. The minimum Gasteiger partial charge on any atom is -0.870 e. The minimum atomic E-state index is -1.21. The van der Waals surface area contributed by atoms with Gasteiger partial charge in [0.2, 0.25) is 5.60 Å². The van der Waals surface area contributed by atoms with Crippen LogP contribution in [-0.4, -0.2) is 45.9 Å². The van der Waals surface area contributed by atoms with Gasteiger partial charge in [-0.05, 0) is 73.1 Å². The lowest BCUT2D eigenvalue weighted by Crippen LogP contribution is -2.85. The highest BCUT2D eigenvalue weighted by Gasteiger charge is 2.69. The van der Waals surface area contributed by atoms with Gasteiger partial charge in [-0.3, -0.25) is 14.4 Å². The van der Waals surface area contributed by atoms with Gasteiger partial charge in [0.05, 0.1) is 16.6 Å². The molecule has 2 aromatic rings. The molecule has 1 saturated heterocycles. The Balaban J connectivity index is 1.71. The number of alkyl halides is 1. The molecule has 274 valence electrons. The Morgan fingerprint density at radius 3 is 2.12 bits per heavy atom. The fourth-order valence-corrected chi connectivity index (χ4v) is 7.53. The number of hydrogen-bond acceptors (Lipinski definition) is 6. The normalized spacial score (nSPS) is 24.4. The SMILES string of the molecule is CCC(C)(C)c1ccc(OC2(CC)C(=O)NC23CCC(Cl)C(NC(=O)C(=Nc2cc(Cl)c([O-])c(Cl)c2)C(=O)C(C)(C)C)C3)c(C(C)(C)CC)c1. The number of Topliss-reactive ketones (excluding diaryl/α,β-unsaturated/α-hetero) is 1. The molecule has 0 bridgehead atoms. The first kappa shape index (κ1) is 40.0. The fraction of sp³-hybridized carbons (Fsp3) is 0.590. The summed E-state index contributed by atoms with van der Waals surface area (Å²) in [7, 11) is 0. The van der Waals surface area contributed by atoms with E-state index in [1.807, 2.05) is 13.0 Å². The number of amides is 2. The van der Waals surface area contributed by atoms with Crippen molar-refractivity contribution in [2.75, 3.05) is 0 Å². The van der Waals surface area contributed by atoms with Gasteiger partial charge in [-0.15, -0.1) is 11.6 Å². The molecule has 4 atom stereocenters. The molecule has 2 aliphatic rings. The predicted octanol–water partition coefficient (Wildman–Crippen LogP) is 8.50. The van der Waals surface area contributed by atoms with E-state index in [-0.39, 0.29) is 44.6 Å². The summed E-state index contributed by atoms with van der Waals surface area (Å²) in [6.07, 6.45) is 3.53. The van der Waals surface area contributed by atoms with Crippen molar-refractivity contribution in [2.45, 2.75) is 141 Å². The second kappa shape index (κ2) is 14.3. The molecule has 1 saturated carbocycles. The van der Waals surface area contributed by atoms with Crippen molar-refractivity contribution in [3.63, 3.8) is 0 Å². The highest BCUT2D eigenvalue weighted by Crippen LogP contribution is 2.50. The number of rotatable bonds is 11. The molecule has 2 fully saturated rings. The van der Waals surface area contributed by atoms with Crippen LogP contribution in [0.4, 0.5) is 5.69 Å². The van der Waals surface area contributed by atoms with Crippen LogP contribution in [0.3, 0.4) is 0 Å². The molecule has 1 heterocycles. The van der Waals surface area contributed by atoms with Crippen LogP contribution >= 0.6 is 34.8 Å². The summed E-state index contributed by atoms with van der Waals surface area (Å²) in [6, 6.07) is 8.21. The largest absolute Gasteiger partial charge is 0.870 e. The summed E-state index contributed by atoms with van der Waals surface area (Å²) in [6.45, 7) is 20.1. The number of ketones is 1. The molecule has 2 amide bonds. The van der Waals surface area contributed by atoms with Gasteiger partial charge < -0.3 is 20.5 Å². The number of halogens is 3. The minimum absolute atomic E-state index is 0.0344. The van der Waals surface area contributed by atoms with Crippen LogP contribution in [0.1, 0.15) is 119 Å². The average molecular weight is 748 g/mol. The summed E-state index contributed by atoms with van der Waals surface area (Å²) in [5, 5.41) is 17.4. The fourth-order valence-electron chi connectivity index (χ4n) is 6.79. The van der Waals surface area contributed by atoms with Crippen LogP contribution in [0.2, 0.25) is 10.0 Å². The van der Waals surface area contributed by atoms with E-state index in [2.05, 4.69) is 69.3 Å². The molecule has 0 aromatic heterocycles. The van der Waals surface area contributed by atoms with E-state index >= 15 is 0 Å². The number of aliphatic imine (C=N–C) groups is 1. The molecule has 1 aliphatic heterocycles. The number of hydrogen-bond donors (Lipinski definition) is 2. The maximum atomic E-state index is 13.9. The number of nitrogens with zero attached hydrogens (tertiary/aromatic N) is 1. The van der Waals surface area contributed by atoms with Crippen LogP contribution < -0.4 is 20.5 Å². The lowest BCUT2D eigenvalue weighted by atomic mass is 9.61. The zero-order valence-electron chi connectivity index (χ0n) is 30.9. The third kappa shape index (κ3) is 7.40. The van der Waals surface area contributed by atoms with E-state index in [0.29, 0.717) is 25.0 Å². The number of ether oxygens (including phenoxy) is 1. The highest BCUT2D eigenvalue weighted by atomic mass is 35.5. The van der Waals surface area contributed by atoms with Crippen LogP contribution in [0, 0.1) is 5.41 Å². The summed E-state index contributed by atoms with van der Waals surface area (Å²) >= 11 is 19.0. The summed E-state index contributed by atoms with van der Waals surface area (Å²) in [5.41, 5.74) is -1.28. The molecule has 1 aliphatic carbocycles. The smallest absolute Gasteiger partial charge is 0.273 e. The van der Waals surface area contributed by atoms with Crippen LogP contribution in [0.5, 0.6) is 11.5 Å². The van der Waals surface area contributed by atoms with E-state index < -0.39 is 45.4 Å². The number of carbonyl (C=O) groups is 3. The Morgan fingerprint density at radius 2 is 1.60 bits per heavy atom. The van der Waals surface area contributed by atoms with E-state index in [4.69, 9.17) is 39.5 Å². The zero-order valence-corrected chi connectivity index (χ0v) is 33.2. The zero-order chi connectivity index (χ0) is 37.6. The van der Waals surface area contributed by atoms with Crippen molar-refractivity contribution in [2.24, 2.45) is 10.4 Å². The molecule has 2 N–H and O–H groups in total. The Bertz CT molecular complexity index is 1670. The average Bonchev–Trinajstić information content (AvgIpc) is 3.05. The standard InChI is InChI=1S/C39H52Cl3N3O5/c1-11-36(7,8)22-14-15-29(24(18-22)37(9,10)12-2)50-39(13-3)34(49)45-38(39)17-16-25(40)28(21-38)44-33(48)30(32(47)35(4,5)6)43-23-19-26(41)31(46)27(42)20-23/h14-15,18-20,25,28,46H,11-13,16-17,21H2,1-10H3,(H,44,48)(H,45,49)/p-1. The van der Waals surface area contributed by atoms with E-state index in [1.165, 1.54) is 17.7 Å². The molecule has 11 heteroatoms. The third-order valence-corrected chi connectivity index (χ3v) is 12.1. The van der Waals surface area contributed by atoms with Gasteiger partial charge in [-0.1, -0.05) is 110 Å². The second-order valence-electron chi connectivity index (χ2n) is 16.1. The van der Waals surface area contributed by atoms with Crippen molar-refractivity contribution in [1.82, 2.24) is 10.6 Å². The Hall–Kier alpha value is -2.81. The topological polar surface area (TPSA) is 120 Å². The van der Waals surface area contributed by atoms with Gasteiger partial charge in [-0.2, -0.15) is 0 Å². The Morgan fingerprint density at radius 1 is 1.00 bits per heavy atom. The van der Waals surface area contributed by atoms with Crippen molar-refractivity contribution in [3.8, 4) is 11.5 Å².